The Morgan fingerprint density at radius 3 is 1.67 bits per heavy atom. The van der Waals surface area contributed by atoms with E-state index in [2.05, 4.69) is 21.3 Å². The van der Waals surface area contributed by atoms with Gasteiger partial charge in [0.05, 0.1) is 31.2 Å². The molecule has 98 heavy (non-hydrogen) atoms. The van der Waals surface area contributed by atoms with Crippen LogP contribution in [0.25, 0.3) is 0 Å². The van der Waals surface area contributed by atoms with Crippen molar-refractivity contribution in [1.29, 1.82) is 0 Å². The first-order valence-corrected chi connectivity index (χ1v) is 35.0. The van der Waals surface area contributed by atoms with E-state index in [1.807, 2.05) is 32.0 Å². The minimum atomic E-state index is -1.68. The summed E-state index contributed by atoms with van der Waals surface area (Å²) in [6.07, 6.45) is 0.481. The third-order valence-electron chi connectivity index (χ3n) is 19.7. The lowest BCUT2D eigenvalue weighted by atomic mass is 9.85. The quantitative estimate of drug-likeness (QED) is 0.203. The first-order valence-electron chi connectivity index (χ1n) is 35.0. The Balaban J connectivity index is 1.59. The average molecular weight is 1370 g/mol. The predicted molar refractivity (Wildman–Crippen MR) is 370 cm³/mol. The van der Waals surface area contributed by atoms with Gasteiger partial charge in [0.25, 0.3) is 0 Å². The zero-order valence-electron chi connectivity index (χ0n) is 60.7. The van der Waals surface area contributed by atoms with Crippen molar-refractivity contribution in [2.45, 2.75) is 214 Å². The van der Waals surface area contributed by atoms with Crippen molar-refractivity contribution < 1.29 is 67.4 Å². The molecule has 542 valence electrons. The van der Waals surface area contributed by atoms with E-state index in [1.165, 1.54) is 85.4 Å². The molecule has 3 aliphatic rings. The summed E-state index contributed by atoms with van der Waals surface area (Å²) in [6.45, 7) is 18.7. The number of rotatable bonds is 12. The predicted octanol–water partition coefficient (Wildman–Crippen LogP) is 3.56. The normalized spacial score (nSPS) is 27.3. The molecule has 3 aliphatic heterocycles. The highest BCUT2D eigenvalue weighted by atomic mass is 16.3. The third kappa shape index (κ3) is 21.5. The van der Waals surface area contributed by atoms with Crippen molar-refractivity contribution in [3.05, 3.63) is 71.8 Å². The van der Waals surface area contributed by atoms with E-state index in [-0.39, 0.29) is 51.0 Å². The Hall–Kier alpha value is -8.09. The van der Waals surface area contributed by atoms with E-state index in [9.17, 15) is 57.8 Å². The van der Waals surface area contributed by atoms with Gasteiger partial charge in [-0.25, -0.2) is 0 Å². The average Bonchev–Trinajstić information content (AvgIpc) is 1.49. The number of aliphatic hydroxyl groups excluding tert-OH is 1. The van der Waals surface area contributed by atoms with Crippen LogP contribution in [-0.2, 0) is 75.2 Å². The molecule has 5 N–H and O–H groups in total. The first kappa shape index (κ1) is 80.6. The SMILES string of the molecule is CC[C@H](C)[C@H]1C(=O)N[C@H](C(=O)N2CCCCC2)CC(=O)N[C@H](C)C(=O)N[C@@H]([C@@H](C)O)C(=O)N(C)[C@@H](Cc2ccccc2)C(=O)C[C@@H](C(C)C)C(=O)N2CCC[C@H]2C(=O)N(C)[C@@H](C(C)C)C(=O)C[C@@H](Cc2ccccc2)C(=O)N(C)CC(=O)N(C)[C@@H](CC(C)C)C(=O)N[C@@H](C)C(=O)N1C. The minimum absolute atomic E-state index is 0.0353. The molecule has 2 aromatic rings. The van der Waals surface area contributed by atoms with Gasteiger partial charge in [0.15, 0.2) is 11.6 Å². The largest absolute Gasteiger partial charge is 0.391 e. The van der Waals surface area contributed by atoms with Gasteiger partial charge in [-0.2, -0.15) is 0 Å². The summed E-state index contributed by atoms with van der Waals surface area (Å²) in [5, 5.41) is 21.9. The molecule has 3 fully saturated rings. The summed E-state index contributed by atoms with van der Waals surface area (Å²) in [7, 11) is 7.10. The van der Waals surface area contributed by atoms with Gasteiger partial charge in [-0.15, -0.1) is 0 Å². The van der Waals surface area contributed by atoms with Crippen LogP contribution < -0.4 is 21.3 Å². The number of piperidine rings is 1. The number of hydrogen-bond acceptors (Lipinski definition) is 14. The number of carbonyl (C=O) groups excluding carboxylic acids is 13. The molecule has 0 unspecified atom stereocenters. The van der Waals surface area contributed by atoms with Crippen molar-refractivity contribution in [1.82, 2.24) is 55.6 Å². The van der Waals surface area contributed by atoms with Crippen LogP contribution >= 0.6 is 0 Å². The van der Waals surface area contributed by atoms with Crippen molar-refractivity contribution in [3.8, 4) is 0 Å². The molecule has 0 bridgehead atoms. The maximum absolute atomic E-state index is 15.1. The topological polar surface area (TPSA) is 313 Å². The molecule has 0 aliphatic carbocycles. The molecule has 13 atom stereocenters. The molecule has 3 saturated heterocycles. The van der Waals surface area contributed by atoms with Crippen LogP contribution in [-0.4, -0.2) is 238 Å². The third-order valence-corrected chi connectivity index (χ3v) is 19.7. The molecule has 0 aromatic heterocycles. The van der Waals surface area contributed by atoms with Gasteiger partial charge in [-0.1, -0.05) is 122 Å². The van der Waals surface area contributed by atoms with E-state index in [1.54, 1.807) is 84.0 Å². The van der Waals surface area contributed by atoms with Gasteiger partial charge in [0.1, 0.15) is 42.3 Å². The Morgan fingerprint density at radius 1 is 0.541 bits per heavy atom. The van der Waals surface area contributed by atoms with Gasteiger partial charge in [-0.3, -0.25) is 62.3 Å². The van der Waals surface area contributed by atoms with Crippen LogP contribution in [0.15, 0.2) is 60.7 Å². The van der Waals surface area contributed by atoms with Crippen molar-refractivity contribution in [2.75, 3.05) is 61.4 Å². The first-order chi connectivity index (χ1) is 46.1. The number of nitrogens with one attached hydrogen (secondary N) is 4. The monoisotopic (exact) mass is 1370 g/mol. The maximum atomic E-state index is 15.1. The fourth-order valence-corrected chi connectivity index (χ4v) is 13.7. The summed E-state index contributed by atoms with van der Waals surface area (Å²) >= 11 is 0. The number of amides is 11. The fourth-order valence-electron chi connectivity index (χ4n) is 13.7. The molecule has 2 aromatic carbocycles. The van der Waals surface area contributed by atoms with Crippen LogP contribution in [0.2, 0.25) is 0 Å². The standard InChI is InChI=1S/C73H111N11O14/c1-17-46(8)64-67(92)76-54(71(96)83-33-25-20-26-34-83)41-60(88)74-47(9)65(90)77-62(49(11)85)73(98)80(14)56(38-51-30-23-19-24-31-51)58(86)40-53(44(4)5)70(95)84-35-27-32-55(84)72(97)81(15)63(45(6)7)59(87)39-52(37-50-28-21-18-22-29-50)69(94)78(12)42-61(89)79(13)57(36-43(2)3)66(91)75-48(10)68(93)82(64)16/h18-19,21-24,28-31,43-49,52-57,62-64,85H,17,20,25-27,32-42H2,1-16H3,(H,74,88)(H,75,91)(H,76,92)(H,77,90)/t46-,47+,48-,49+,52+,53-,54-,55-,56-,57-,62-,63-,64-/m0/s1. The second kappa shape index (κ2) is 37.2. The number of carbonyl (C=O) groups is 13. The molecule has 0 radical (unpaired) electrons. The lowest BCUT2D eigenvalue weighted by Crippen LogP contribution is -2.61. The van der Waals surface area contributed by atoms with Crippen LogP contribution in [0.5, 0.6) is 0 Å². The summed E-state index contributed by atoms with van der Waals surface area (Å²) in [4.78, 5) is 200. The Bertz CT molecular complexity index is 3120. The Kier molecular flexibility index (Phi) is 30.6. The summed E-state index contributed by atoms with van der Waals surface area (Å²) in [5.74, 6) is -12.2. The molecule has 0 saturated carbocycles. The number of ketones is 2. The molecular formula is C73H111N11O14. The number of fused-ring (bicyclic) bond motifs is 1. The second-order valence-corrected chi connectivity index (χ2v) is 28.6. The van der Waals surface area contributed by atoms with Crippen LogP contribution in [0.3, 0.4) is 0 Å². The van der Waals surface area contributed by atoms with Gasteiger partial charge in [0.2, 0.25) is 65.0 Å². The van der Waals surface area contributed by atoms with E-state index >= 15 is 9.59 Å². The molecular weight excluding hydrogens is 1250 g/mol. The Morgan fingerprint density at radius 2 is 1.12 bits per heavy atom. The molecule has 5 rings (SSSR count). The summed E-state index contributed by atoms with van der Waals surface area (Å²) < 4.78 is 0. The Labute approximate surface area is 579 Å². The van der Waals surface area contributed by atoms with E-state index in [0.29, 0.717) is 44.3 Å². The summed E-state index contributed by atoms with van der Waals surface area (Å²) in [5.41, 5.74) is 1.38. The van der Waals surface area contributed by atoms with Gasteiger partial charge in [0, 0.05) is 79.6 Å². The molecule has 25 heteroatoms. The highest BCUT2D eigenvalue weighted by Gasteiger charge is 2.46. The van der Waals surface area contributed by atoms with Crippen molar-refractivity contribution in [3.63, 3.8) is 0 Å². The lowest BCUT2D eigenvalue weighted by molar-refractivity contribution is -0.151. The van der Waals surface area contributed by atoms with Crippen molar-refractivity contribution >= 4 is 76.5 Å². The molecule has 11 amide bonds. The number of Topliss-reactive ketones (excluding diaryl/α,β-unsaturated/α-hetero) is 2. The summed E-state index contributed by atoms with van der Waals surface area (Å²) in [6, 6.07) is 6.24. The van der Waals surface area contributed by atoms with Crippen LogP contribution in [0, 0.1) is 35.5 Å². The fraction of sp³-hybridized carbons (Fsp3) is 0.658. The van der Waals surface area contributed by atoms with E-state index in [4.69, 9.17) is 0 Å². The van der Waals surface area contributed by atoms with Gasteiger partial charge < -0.3 is 60.7 Å². The van der Waals surface area contributed by atoms with Gasteiger partial charge in [-0.05, 0) is 107 Å². The van der Waals surface area contributed by atoms with Crippen molar-refractivity contribution in [2.24, 2.45) is 35.5 Å². The highest BCUT2D eigenvalue weighted by molar-refractivity contribution is 6.00. The van der Waals surface area contributed by atoms with Crippen LogP contribution in [0.1, 0.15) is 151 Å². The molecule has 3 heterocycles. The van der Waals surface area contributed by atoms with Gasteiger partial charge >= 0.3 is 0 Å². The maximum Gasteiger partial charge on any atom is 0.248 e. The number of likely N-dealkylation sites (N-methyl/N-ethyl adjacent to an activating group) is 5. The number of aliphatic hydroxyl groups is 1. The lowest BCUT2D eigenvalue weighted by Gasteiger charge is -2.37. The number of hydrogen-bond donors (Lipinski definition) is 5. The molecule has 25 nitrogen and oxygen atoms in total. The van der Waals surface area contributed by atoms with E-state index in [0.717, 1.165) is 16.9 Å². The number of likely N-dealkylation sites (tertiary alicyclic amines) is 1. The smallest absolute Gasteiger partial charge is 0.248 e. The molecule has 0 spiro atoms. The van der Waals surface area contributed by atoms with E-state index < -0.39 is 180 Å². The highest BCUT2D eigenvalue weighted by Crippen LogP contribution is 2.30. The second-order valence-electron chi connectivity index (χ2n) is 28.6. The number of benzene rings is 2. The zero-order chi connectivity index (χ0) is 73.2. The van der Waals surface area contributed by atoms with Crippen LogP contribution in [0.4, 0.5) is 0 Å². The zero-order valence-corrected chi connectivity index (χ0v) is 60.7. The minimum Gasteiger partial charge on any atom is -0.391 e. The number of nitrogens with zero attached hydrogens (tertiary/aromatic N) is 7.